The first-order chi connectivity index (χ1) is 12.0. The highest BCUT2D eigenvalue weighted by atomic mass is 16.3. The molecule has 3 rings (SSSR count). The number of carbonyl (C=O) groups is 2. The van der Waals surface area contributed by atoms with Crippen LogP contribution < -0.4 is 10.9 Å². The van der Waals surface area contributed by atoms with E-state index in [1.165, 1.54) is 6.26 Å². The Morgan fingerprint density at radius 2 is 2.16 bits per heavy atom. The van der Waals surface area contributed by atoms with E-state index in [0.29, 0.717) is 13.1 Å². The van der Waals surface area contributed by atoms with E-state index in [-0.39, 0.29) is 23.3 Å². The van der Waals surface area contributed by atoms with E-state index in [0.717, 1.165) is 24.1 Å². The normalized spacial score (nSPS) is 17.4. The molecule has 25 heavy (non-hydrogen) atoms. The van der Waals surface area contributed by atoms with Crippen molar-refractivity contribution < 1.29 is 14.0 Å². The summed E-state index contributed by atoms with van der Waals surface area (Å²) in [6, 6.07) is 4.70. The maximum absolute atomic E-state index is 12.4. The molecule has 2 aromatic heterocycles. The van der Waals surface area contributed by atoms with Crippen molar-refractivity contribution in [2.75, 3.05) is 13.1 Å². The van der Waals surface area contributed by atoms with Crippen molar-refractivity contribution in [1.29, 1.82) is 0 Å². The number of hydrogen-bond acceptors (Lipinski definition) is 4. The zero-order valence-corrected chi connectivity index (χ0v) is 14.3. The van der Waals surface area contributed by atoms with Crippen LogP contribution in [-0.2, 0) is 0 Å². The van der Waals surface area contributed by atoms with Crippen LogP contribution in [0.2, 0.25) is 0 Å². The molecule has 1 aliphatic heterocycles. The van der Waals surface area contributed by atoms with Crippen LogP contribution in [0.1, 0.15) is 45.0 Å². The smallest absolute Gasteiger partial charge is 0.289 e. The third kappa shape index (κ3) is 3.65. The van der Waals surface area contributed by atoms with Crippen molar-refractivity contribution >= 4 is 11.8 Å². The summed E-state index contributed by atoms with van der Waals surface area (Å²) < 4.78 is 5.15. The SMILES string of the molecule is Cc1cc(C(=O)N[C@H]2CCCN(C(=O)c3ccco3)C2)c(=O)[nH]c1C. The second-order valence-corrected chi connectivity index (χ2v) is 6.36. The van der Waals surface area contributed by atoms with Gasteiger partial charge in [0, 0.05) is 24.8 Å². The number of nitrogens with one attached hydrogen (secondary N) is 2. The number of aromatic nitrogens is 1. The molecule has 7 heteroatoms. The van der Waals surface area contributed by atoms with E-state index >= 15 is 0 Å². The number of likely N-dealkylation sites (tertiary alicyclic amines) is 1. The van der Waals surface area contributed by atoms with E-state index < -0.39 is 11.5 Å². The Hall–Kier alpha value is -2.83. The van der Waals surface area contributed by atoms with E-state index in [2.05, 4.69) is 10.3 Å². The highest BCUT2D eigenvalue weighted by molar-refractivity contribution is 5.94. The highest BCUT2D eigenvalue weighted by Crippen LogP contribution is 2.15. The van der Waals surface area contributed by atoms with Crippen LogP contribution in [0.15, 0.2) is 33.7 Å². The topological polar surface area (TPSA) is 95.4 Å². The number of carbonyl (C=O) groups excluding carboxylic acids is 2. The summed E-state index contributed by atoms with van der Waals surface area (Å²) in [4.78, 5) is 41.2. The fraction of sp³-hybridized carbons (Fsp3) is 0.389. The van der Waals surface area contributed by atoms with Crippen molar-refractivity contribution in [2.45, 2.75) is 32.7 Å². The second-order valence-electron chi connectivity index (χ2n) is 6.36. The minimum Gasteiger partial charge on any atom is -0.459 e. The van der Waals surface area contributed by atoms with E-state index in [9.17, 15) is 14.4 Å². The van der Waals surface area contributed by atoms with Gasteiger partial charge in [-0.25, -0.2) is 0 Å². The quantitative estimate of drug-likeness (QED) is 0.885. The Bertz CT molecular complexity index is 839. The number of aromatic amines is 1. The Morgan fingerprint density at radius 1 is 1.36 bits per heavy atom. The Labute approximate surface area is 145 Å². The van der Waals surface area contributed by atoms with Gasteiger partial charge in [-0.3, -0.25) is 14.4 Å². The lowest BCUT2D eigenvalue weighted by molar-refractivity contribution is 0.0646. The standard InChI is InChI=1S/C18H21N3O4/c1-11-9-14(16(22)19-12(11)2)17(23)20-13-5-3-7-21(10-13)18(24)15-6-4-8-25-15/h4,6,8-9,13H,3,5,7,10H2,1-2H3,(H,19,22)(H,20,23)/t13-/m0/s1. The van der Waals surface area contributed by atoms with Crippen LogP contribution in [0.3, 0.4) is 0 Å². The zero-order chi connectivity index (χ0) is 18.0. The van der Waals surface area contributed by atoms with Gasteiger partial charge in [-0.2, -0.15) is 0 Å². The van der Waals surface area contributed by atoms with Crippen LogP contribution in [0.4, 0.5) is 0 Å². The molecular formula is C18H21N3O4. The fourth-order valence-corrected chi connectivity index (χ4v) is 2.99. The molecule has 1 aliphatic rings. The van der Waals surface area contributed by atoms with E-state index in [1.54, 1.807) is 30.0 Å². The molecule has 0 bridgehead atoms. The first-order valence-electron chi connectivity index (χ1n) is 8.30. The van der Waals surface area contributed by atoms with Crippen molar-refractivity contribution in [2.24, 2.45) is 0 Å². The monoisotopic (exact) mass is 343 g/mol. The number of furan rings is 1. The van der Waals surface area contributed by atoms with E-state index in [4.69, 9.17) is 4.42 Å². The molecule has 1 saturated heterocycles. The molecule has 2 N–H and O–H groups in total. The zero-order valence-electron chi connectivity index (χ0n) is 14.3. The molecule has 0 radical (unpaired) electrons. The summed E-state index contributed by atoms with van der Waals surface area (Å²) in [6.07, 6.45) is 3.00. The van der Waals surface area contributed by atoms with Gasteiger partial charge < -0.3 is 19.6 Å². The summed E-state index contributed by atoms with van der Waals surface area (Å²) in [5.74, 6) is -0.313. The number of amides is 2. The van der Waals surface area contributed by atoms with Crippen LogP contribution in [-0.4, -0.2) is 40.8 Å². The number of aryl methyl sites for hydroxylation is 2. The van der Waals surface area contributed by atoms with Crippen LogP contribution in [0.5, 0.6) is 0 Å². The molecule has 0 aliphatic carbocycles. The first kappa shape index (κ1) is 17.0. The van der Waals surface area contributed by atoms with Gasteiger partial charge in [0.05, 0.1) is 6.26 Å². The molecule has 7 nitrogen and oxygen atoms in total. The molecule has 2 amide bonds. The van der Waals surface area contributed by atoms with Crippen molar-refractivity contribution in [3.05, 3.63) is 57.4 Å². The molecule has 2 aromatic rings. The van der Waals surface area contributed by atoms with Gasteiger partial charge in [-0.15, -0.1) is 0 Å². The maximum atomic E-state index is 12.4. The average molecular weight is 343 g/mol. The fourth-order valence-electron chi connectivity index (χ4n) is 2.99. The molecule has 0 unspecified atom stereocenters. The summed E-state index contributed by atoms with van der Waals surface area (Å²) in [6.45, 7) is 4.65. The lowest BCUT2D eigenvalue weighted by Gasteiger charge is -2.32. The molecule has 0 aromatic carbocycles. The Morgan fingerprint density at radius 3 is 2.88 bits per heavy atom. The van der Waals surface area contributed by atoms with Crippen molar-refractivity contribution in [3.63, 3.8) is 0 Å². The molecule has 132 valence electrons. The van der Waals surface area contributed by atoms with Gasteiger partial charge in [0.15, 0.2) is 5.76 Å². The van der Waals surface area contributed by atoms with Gasteiger partial charge in [-0.1, -0.05) is 0 Å². The maximum Gasteiger partial charge on any atom is 0.289 e. The number of piperidine rings is 1. The minimum atomic E-state index is -0.415. The number of H-pyrrole nitrogens is 1. The van der Waals surface area contributed by atoms with Gasteiger partial charge in [0.1, 0.15) is 5.56 Å². The molecule has 0 spiro atoms. The largest absolute Gasteiger partial charge is 0.459 e. The molecule has 3 heterocycles. The molecular weight excluding hydrogens is 322 g/mol. The Balaban J connectivity index is 1.68. The average Bonchev–Trinajstić information content (AvgIpc) is 3.12. The molecule has 0 saturated carbocycles. The lowest BCUT2D eigenvalue weighted by Crippen LogP contribution is -2.50. The second kappa shape index (κ2) is 6.96. The number of nitrogens with zero attached hydrogens (tertiary/aromatic N) is 1. The predicted octanol–water partition coefficient (Wildman–Crippen LogP) is 1.62. The van der Waals surface area contributed by atoms with Gasteiger partial charge in [0.25, 0.3) is 17.4 Å². The van der Waals surface area contributed by atoms with E-state index in [1.807, 2.05) is 6.92 Å². The first-order valence-corrected chi connectivity index (χ1v) is 8.30. The number of rotatable bonds is 3. The van der Waals surface area contributed by atoms with Crippen molar-refractivity contribution in [3.8, 4) is 0 Å². The minimum absolute atomic E-state index is 0.0950. The summed E-state index contributed by atoms with van der Waals surface area (Å²) in [5, 5.41) is 2.87. The third-order valence-electron chi connectivity index (χ3n) is 4.52. The molecule has 1 atom stereocenters. The summed E-state index contributed by atoms with van der Waals surface area (Å²) in [7, 11) is 0. The number of pyridine rings is 1. The summed E-state index contributed by atoms with van der Waals surface area (Å²) in [5.41, 5.74) is 1.29. The molecule has 1 fully saturated rings. The Kier molecular flexibility index (Phi) is 4.74. The van der Waals surface area contributed by atoms with Crippen molar-refractivity contribution in [1.82, 2.24) is 15.2 Å². The lowest BCUT2D eigenvalue weighted by atomic mass is 10.0. The predicted molar refractivity (Wildman–Crippen MR) is 91.6 cm³/mol. The van der Waals surface area contributed by atoms with Gasteiger partial charge >= 0.3 is 0 Å². The number of hydrogen-bond donors (Lipinski definition) is 2. The van der Waals surface area contributed by atoms with Crippen LogP contribution in [0, 0.1) is 13.8 Å². The highest BCUT2D eigenvalue weighted by Gasteiger charge is 2.27. The van der Waals surface area contributed by atoms with Crippen LogP contribution >= 0.6 is 0 Å². The summed E-state index contributed by atoms with van der Waals surface area (Å²) >= 11 is 0. The third-order valence-corrected chi connectivity index (χ3v) is 4.52. The van der Waals surface area contributed by atoms with Gasteiger partial charge in [-0.05, 0) is 50.5 Å². The van der Waals surface area contributed by atoms with Crippen LogP contribution in [0.25, 0.3) is 0 Å². The van der Waals surface area contributed by atoms with Gasteiger partial charge in [0.2, 0.25) is 0 Å².